The Morgan fingerprint density at radius 1 is 1.24 bits per heavy atom. The van der Waals surface area contributed by atoms with Gasteiger partial charge < -0.3 is 4.74 Å². The molecule has 0 spiro atoms. The third-order valence-electron chi connectivity index (χ3n) is 6.01. The Bertz CT molecular complexity index is 1370. The number of aliphatic imine (C=N–C) groups is 1. The van der Waals surface area contributed by atoms with Crippen LogP contribution < -0.4 is 10.3 Å². The molecule has 37 heavy (non-hydrogen) atoms. The number of hydrogen-bond donors (Lipinski definition) is 0. The average molecular weight is 533 g/mol. The fourth-order valence-electron chi connectivity index (χ4n) is 4.05. The van der Waals surface area contributed by atoms with Gasteiger partial charge in [0, 0.05) is 23.2 Å². The largest absolute Gasteiger partial charge is 0.449 e. The molecule has 1 aliphatic heterocycles. The fraction of sp³-hybridized carbons (Fsp3) is 0.407. The summed E-state index contributed by atoms with van der Waals surface area (Å²) in [4.78, 5) is 22.2. The second-order valence-electron chi connectivity index (χ2n) is 8.70. The van der Waals surface area contributed by atoms with Crippen LogP contribution in [0.2, 0.25) is 5.02 Å². The monoisotopic (exact) mass is 532 g/mol. The van der Waals surface area contributed by atoms with Crippen LogP contribution in [0.3, 0.4) is 0 Å². The Balaban J connectivity index is 2.14. The van der Waals surface area contributed by atoms with Crippen molar-refractivity contribution < 1.29 is 17.9 Å². The summed E-state index contributed by atoms with van der Waals surface area (Å²) in [6.07, 6.45) is 1.92. The lowest BCUT2D eigenvalue weighted by molar-refractivity contribution is 0.0660. The number of aromatic nitrogens is 2. The Morgan fingerprint density at radius 2 is 1.97 bits per heavy atom. The van der Waals surface area contributed by atoms with Crippen LogP contribution in [0.15, 0.2) is 57.1 Å². The predicted octanol–water partition coefficient (Wildman–Crippen LogP) is 7.13. The van der Waals surface area contributed by atoms with Crippen LogP contribution >= 0.6 is 11.6 Å². The highest BCUT2D eigenvalue weighted by Gasteiger charge is 2.31. The third-order valence-corrected chi connectivity index (χ3v) is 6.22. The first-order valence-electron chi connectivity index (χ1n) is 12.0. The Labute approximate surface area is 218 Å². The van der Waals surface area contributed by atoms with Gasteiger partial charge in [-0.15, -0.1) is 0 Å². The van der Waals surface area contributed by atoms with Crippen molar-refractivity contribution in [2.45, 2.75) is 65.6 Å². The first-order valence-corrected chi connectivity index (χ1v) is 12.4. The lowest BCUT2D eigenvalue weighted by Gasteiger charge is -2.18. The third kappa shape index (κ3) is 6.50. The second kappa shape index (κ2) is 11.8. The van der Waals surface area contributed by atoms with E-state index >= 15 is 0 Å². The second-order valence-corrected chi connectivity index (χ2v) is 9.14. The summed E-state index contributed by atoms with van der Waals surface area (Å²) in [6, 6.07) is 6.12. The van der Waals surface area contributed by atoms with Crippen molar-refractivity contribution in [3.05, 3.63) is 74.0 Å². The zero-order valence-corrected chi connectivity index (χ0v) is 21.9. The summed E-state index contributed by atoms with van der Waals surface area (Å²) in [5.74, 6) is -3.39. The SMILES string of the molecule is CCC1=NCC(CC)=C(C(C)(F)F)C=C1Cn1cnc(C(F)CC)c(Oc2cc(Cl)cc(C#N)c2)c1=O. The topological polar surface area (TPSA) is 80.3 Å². The number of hydrogen-bond acceptors (Lipinski definition) is 5. The van der Waals surface area contributed by atoms with Crippen LogP contribution in [-0.2, 0) is 6.54 Å². The van der Waals surface area contributed by atoms with Gasteiger partial charge in [-0.2, -0.15) is 5.26 Å². The average Bonchev–Trinajstić information content (AvgIpc) is 3.04. The first-order chi connectivity index (χ1) is 17.5. The summed E-state index contributed by atoms with van der Waals surface area (Å²) in [7, 11) is 0. The number of ether oxygens (including phenoxy) is 1. The minimum Gasteiger partial charge on any atom is -0.449 e. The first kappa shape index (κ1) is 28.2. The minimum absolute atomic E-state index is 0.0448. The quantitative estimate of drug-likeness (QED) is 0.344. The van der Waals surface area contributed by atoms with Crippen molar-refractivity contribution >= 4 is 17.3 Å². The van der Waals surface area contributed by atoms with Crippen molar-refractivity contribution in [1.29, 1.82) is 5.26 Å². The number of nitriles is 1. The highest BCUT2D eigenvalue weighted by molar-refractivity contribution is 6.30. The van der Waals surface area contributed by atoms with E-state index in [0.717, 1.165) is 6.92 Å². The molecule has 0 saturated heterocycles. The van der Waals surface area contributed by atoms with Crippen LogP contribution in [0, 0.1) is 11.3 Å². The molecule has 0 saturated carbocycles. The van der Waals surface area contributed by atoms with E-state index in [1.54, 1.807) is 13.8 Å². The highest BCUT2D eigenvalue weighted by atomic mass is 35.5. The molecule has 1 aromatic carbocycles. The van der Waals surface area contributed by atoms with E-state index in [1.807, 2.05) is 13.0 Å². The van der Waals surface area contributed by atoms with E-state index in [1.165, 1.54) is 35.2 Å². The van der Waals surface area contributed by atoms with Gasteiger partial charge in [0.05, 0.1) is 31.0 Å². The molecule has 196 valence electrons. The molecule has 0 fully saturated rings. The van der Waals surface area contributed by atoms with Gasteiger partial charge in [-0.3, -0.25) is 14.4 Å². The molecule has 0 radical (unpaired) electrons. The van der Waals surface area contributed by atoms with Crippen molar-refractivity contribution in [1.82, 2.24) is 9.55 Å². The molecule has 2 heterocycles. The molecule has 0 bridgehead atoms. The summed E-state index contributed by atoms with van der Waals surface area (Å²) >= 11 is 6.06. The van der Waals surface area contributed by atoms with Gasteiger partial charge in [-0.1, -0.05) is 32.4 Å². The number of allylic oxidation sites excluding steroid dienone is 3. The summed E-state index contributed by atoms with van der Waals surface area (Å²) < 4.78 is 50.7. The normalized spacial score (nSPS) is 15.0. The molecule has 0 N–H and O–H groups in total. The molecule has 10 heteroatoms. The predicted molar refractivity (Wildman–Crippen MR) is 137 cm³/mol. The van der Waals surface area contributed by atoms with E-state index in [-0.39, 0.29) is 52.9 Å². The summed E-state index contributed by atoms with van der Waals surface area (Å²) in [6.45, 7) is 6.12. The summed E-state index contributed by atoms with van der Waals surface area (Å²) in [5.41, 5.74) is 0.723. The molecular formula is C27H28ClF3N4O2. The standard InChI is InChI=1S/C27H28ClF3N4O2/c1-5-17-13-33-23(7-3)18(10-21(17)27(4,30)31)14-35-15-34-24(22(29)6-2)25(26(35)36)37-20-9-16(12-32)8-19(28)11-20/h8-11,15,22H,5-7,13-14H2,1-4H3. The Morgan fingerprint density at radius 3 is 2.57 bits per heavy atom. The van der Waals surface area contributed by atoms with E-state index in [2.05, 4.69) is 9.98 Å². The van der Waals surface area contributed by atoms with E-state index in [4.69, 9.17) is 16.3 Å². The molecule has 1 aliphatic rings. The molecule has 2 aromatic rings. The molecule has 6 nitrogen and oxygen atoms in total. The van der Waals surface area contributed by atoms with Gasteiger partial charge >= 0.3 is 0 Å². The van der Waals surface area contributed by atoms with Gasteiger partial charge in [0.25, 0.3) is 11.5 Å². The number of alkyl halides is 3. The summed E-state index contributed by atoms with van der Waals surface area (Å²) in [5, 5.41) is 9.42. The number of halogens is 4. The highest BCUT2D eigenvalue weighted by Crippen LogP contribution is 2.33. The van der Waals surface area contributed by atoms with E-state index < -0.39 is 17.7 Å². The van der Waals surface area contributed by atoms with Crippen LogP contribution in [0.4, 0.5) is 13.2 Å². The molecule has 0 aliphatic carbocycles. The van der Waals surface area contributed by atoms with E-state index in [9.17, 15) is 23.2 Å². The van der Waals surface area contributed by atoms with Crippen molar-refractivity contribution in [3.63, 3.8) is 0 Å². The van der Waals surface area contributed by atoms with Gasteiger partial charge in [-0.05, 0) is 54.7 Å². The molecule has 1 atom stereocenters. The van der Waals surface area contributed by atoms with Crippen molar-refractivity contribution in [3.8, 4) is 17.6 Å². The lowest BCUT2D eigenvalue weighted by Crippen LogP contribution is -2.26. The maximum absolute atomic E-state index is 14.8. The zero-order chi connectivity index (χ0) is 27.3. The fourth-order valence-corrected chi connectivity index (χ4v) is 4.27. The van der Waals surface area contributed by atoms with Crippen molar-refractivity contribution in [2.24, 2.45) is 4.99 Å². The van der Waals surface area contributed by atoms with Crippen LogP contribution in [0.25, 0.3) is 0 Å². The van der Waals surface area contributed by atoms with Gasteiger partial charge in [0.2, 0.25) is 5.75 Å². The lowest BCUT2D eigenvalue weighted by atomic mass is 9.97. The number of rotatable bonds is 9. The van der Waals surface area contributed by atoms with Crippen LogP contribution in [0.5, 0.6) is 11.5 Å². The van der Waals surface area contributed by atoms with Crippen molar-refractivity contribution in [2.75, 3.05) is 6.54 Å². The Kier molecular flexibility index (Phi) is 8.98. The molecular weight excluding hydrogens is 505 g/mol. The maximum atomic E-state index is 14.8. The number of benzene rings is 1. The van der Waals surface area contributed by atoms with Gasteiger partial charge in [0.15, 0.2) is 0 Å². The van der Waals surface area contributed by atoms with Gasteiger partial charge in [-0.25, -0.2) is 18.2 Å². The van der Waals surface area contributed by atoms with Gasteiger partial charge in [0.1, 0.15) is 17.6 Å². The molecule has 3 rings (SSSR count). The molecule has 0 amide bonds. The molecule has 1 unspecified atom stereocenters. The van der Waals surface area contributed by atoms with E-state index in [0.29, 0.717) is 29.7 Å². The zero-order valence-electron chi connectivity index (χ0n) is 21.1. The van der Waals surface area contributed by atoms with Crippen LogP contribution in [-0.4, -0.2) is 27.7 Å². The van der Waals surface area contributed by atoms with Crippen LogP contribution in [0.1, 0.15) is 64.4 Å². The minimum atomic E-state index is -3.09. The number of nitrogens with zero attached hydrogens (tertiary/aromatic N) is 4. The Hall–Kier alpha value is -3.38. The molecule has 1 aromatic heterocycles. The smallest absolute Gasteiger partial charge is 0.297 e. The maximum Gasteiger partial charge on any atom is 0.297 e.